The molecule has 4 aromatic rings. The van der Waals surface area contributed by atoms with Crippen molar-refractivity contribution in [2.75, 3.05) is 10.6 Å². The van der Waals surface area contributed by atoms with E-state index < -0.39 is 23.9 Å². The van der Waals surface area contributed by atoms with Crippen LogP contribution in [0.2, 0.25) is 0 Å². The molecule has 2 N–H and O–H groups in total. The van der Waals surface area contributed by atoms with Crippen LogP contribution in [-0.2, 0) is 14.6 Å². The molecule has 0 bridgehead atoms. The minimum atomic E-state index is -4.73. The van der Waals surface area contributed by atoms with Gasteiger partial charge in [-0.2, -0.15) is 5.10 Å². The van der Waals surface area contributed by atoms with Crippen molar-refractivity contribution >= 4 is 34.2 Å². The minimum absolute atomic E-state index is 0.0893. The van der Waals surface area contributed by atoms with Crippen molar-refractivity contribution in [1.29, 1.82) is 0 Å². The van der Waals surface area contributed by atoms with Gasteiger partial charge in [0.1, 0.15) is 6.29 Å². The molecule has 0 radical (unpaired) electrons. The van der Waals surface area contributed by atoms with E-state index >= 15 is 0 Å². The van der Waals surface area contributed by atoms with Crippen molar-refractivity contribution in [3.63, 3.8) is 0 Å². The van der Waals surface area contributed by atoms with Crippen molar-refractivity contribution in [1.82, 2.24) is 19.7 Å². The monoisotopic (exact) mass is 487 g/mol. The summed E-state index contributed by atoms with van der Waals surface area (Å²) in [5.74, 6) is 0.589. The van der Waals surface area contributed by atoms with Gasteiger partial charge >= 0.3 is 7.60 Å². The maximum Gasteiger partial charge on any atom is 0.345 e. The molecule has 4 rings (SSSR count). The van der Waals surface area contributed by atoms with Crippen LogP contribution in [0.15, 0.2) is 59.6 Å². The third-order valence-corrected chi connectivity index (χ3v) is 7.54. The molecule has 1 aromatic carbocycles. The molecule has 0 saturated heterocycles. The van der Waals surface area contributed by atoms with Gasteiger partial charge in [-0.25, -0.2) is 8.42 Å². The van der Waals surface area contributed by atoms with Crippen molar-refractivity contribution in [3.8, 4) is 5.82 Å². The number of hydrogen-bond donors (Lipinski definition) is 2. The Morgan fingerprint density at radius 1 is 0.939 bits per heavy atom. The van der Waals surface area contributed by atoms with Crippen LogP contribution >= 0.6 is 7.60 Å². The summed E-state index contributed by atoms with van der Waals surface area (Å²) in [4.78, 5) is 23.4. The lowest BCUT2D eigenvalue weighted by molar-refractivity contribution is 0.373. The number of aromatic nitrogens is 4. The molecule has 3 heterocycles. The Labute approximate surface area is 190 Å². The highest BCUT2D eigenvalue weighted by Crippen LogP contribution is 2.40. The molecule has 0 unspecified atom stereocenters. The number of benzene rings is 1. The highest BCUT2D eigenvalue weighted by atomic mass is 32.2. The molecule has 12 heteroatoms. The van der Waals surface area contributed by atoms with E-state index in [1.807, 2.05) is 19.1 Å². The van der Waals surface area contributed by atoms with Gasteiger partial charge in [0.25, 0.3) is 10.0 Å². The number of nitrogens with zero attached hydrogens (tertiary/aromatic N) is 5. The maximum absolute atomic E-state index is 13.4. The third-order valence-electron chi connectivity index (χ3n) is 4.95. The Balaban J connectivity index is 1.83. The topological polar surface area (TPSA) is 139 Å². The summed E-state index contributed by atoms with van der Waals surface area (Å²) in [5.41, 5.74) is 2.61. The highest BCUT2D eigenvalue weighted by molar-refractivity contribution is 7.93. The van der Waals surface area contributed by atoms with Gasteiger partial charge in [0, 0.05) is 23.0 Å². The highest BCUT2D eigenvalue weighted by Gasteiger charge is 2.32. The van der Waals surface area contributed by atoms with E-state index in [0.29, 0.717) is 22.6 Å². The van der Waals surface area contributed by atoms with Crippen LogP contribution in [0.5, 0.6) is 0 Å². The van der Waals surface area contributed by atoms with E-state index in [0.717, 1.165) is 15.5 Å². The van der Waals surface area contributed by atoms with Crippen LogP contribution in [0.4, 0.5) is 5.69 Å². The van der Waals surface area contributed by atoms with Gasteiger partial charge < -0.3 is 9.79 Å². The maximum atomic E-state index is 13.4. The van der Waals surface area contributed by atoms with E-state index in [4.69, 9.17) is 0 Å². The fraction of sp³-hybridized carbons (Fsp3) is 0.190. The average molecular weight is 487 g/mol. The van der Waals surface area contributed by atoms with E-state index in [1.165, 1.54) is 18.2 Å². The van der Waals surface area contributed by atoms with Crippen LogP contribution in [-0.4, -0.2) is 44.2 Å². The fourth-order valence-electron chi connectivity index (χ4n) is 3.54. The van der Waals surface area contributed by atoms with Crippen LogP contribution in [0.3, 0.4) is 0 Å². The largest absolute Gasteiger partial charge is 0.345 e. The van der Waals surface area contributed by atoms with Gasteiger partial charge in [-0.3, -0.25) is 18.4 Å². The molecule has 0 aliphatic rings. The molecule has 0 fully saturated rings. The average Bonchev–Trinajstić information content (AvgIpc) is 3.14. The zero-order valence-electron chi connectivity index (χ0n) is 18.1. The first kappa shape index (κ1) is 23.1. The number of sulfonamides is 1. The summed E-state index contributed by atoms with van der Waals surface area (Å²) in [6.07, 6.45) is 0.774. The van der Waals surface area contributed by atoms with Gasteiger partial charge in [0.05, 0.1) is 21.8 Å². The molecule has 3 aromatic heterocycles. The normalized spacial score (nSPS) is 12.3. The number of fused-ring (bicyclic) bond motifs is 1. The number of anilines is 1. The van der Waals surface area contributed by atoms with Crippen molar-refractivity contribution in [3.05, 3.63) is 71.8 Å². The second-order valence-corrected chi connectivity index (χ2v) is 11.2. The zero-order chi connectivity index (χ0) is 24.0. The summed E-state index contributed by atoms with van der Waals surface area (Å²) < 4.78 is 41.3. The Hall–Kier alpha value is -3.11. The van der Waals surface area contributed by atoms with Gasteiger partial charge in [0.2, 0.25) is 0 Å². The lowest BCUT2D eigenvalue weighted by atomic mass is 10.2. The number of rotatable bonds is 6. The lowest BCUT2D eigenvalue weighted by Crippen LogP contribution is -2.32. The molecular formula is C21H22N5O5PS. The molecule has 0 saturated carbocycles. The van der Waals surface area contributed by atoms with Crippen LogP contribution in [0.25, 0.3) is 16.7 Å². The molecule has 33 heavy (non-hydrogen) atoms. The smallest absolute Gasteiger partial charge is 0.323 e. The molecule has 0 aliphatic heterocycles. The zero-order valence-corrected chi connectivity index (χ0v) is 19.8. The Morgan fingerprint density at radius 2 is 1.64 bits per heavy atom. The van der Waals surface area contributed by atoms with E-state index in [2.05, 4.69) is 15.2 Å². The molecular weight excluding hydrogens is 465 g/mol. The summed E-state index contributed by atoms with van der Waals surface area (Å²) in [5, 5.41) is 8.90. The summed E-state index contributed by atoms with van der Waals surface area (Å²) >= 11 is 0. The summed E-state index contributed by atoms with van der Waals surface area (Å²) in [7, 11) is -9.01. The molecule has 0 spiro atoms. The molecule has 0 aliphatic carbocycles. The van der Waals surface area contributed by atoms with Gasteiger partial charge in [0.15, 0.2) is 5.82 Å². The fourth-order valence-corrected chi connectivity index (χ4v) is 6.38. The van der Waals surface area contributed by atoms with Crippen LogP contribution in [0.1, 0.15) is 17.1 Å². The van der Waals surface area contributed by atoms with Gasteiger partial charge in [-0.15, -0.1) is 5.10 Å². The van der Waals surface area contributed by atoms with Gasteiger partial charge in [-0.05, 0) is 69.3 Å². The summed E-state index contributed by atoms with van der Waals surface area (Å²) in [6, 6.07) is 12.9. The van der Waals surface area contributed by atoms with Crippen molar-refractivity contribution in [2.45, 2.75) is 25.7 Å². The first-order valence-corrected chi connectivity index (χ1v) is 13.1. The second-order valence-electron chi connectivity index (χ2n) is 7.71. The van der Waals surface area contributed by atoms with E-state index in [1.54, 1.807) is 42.8 Å². The predicted octanol–water partition coefficient (Wildman–Crippen LogP) is 3.07. The molecule has 172 valence electrons. The first-order chi connectivity index (χ1) is 15.4. The van der Waals surface area contributed by atoms with Crippen LogP contribution < -0.4 is 4.31 Å². The third kappa shape index (κ3) is 4.81. The number of aryl methyl sites for hydroxylation is 3. The second kappa shape index (κ2) is 8.35. The van der Waals surface area contributed by atoms with Gasteiger partial charge in [-0.1, -0.05) is 0 Å². The van der Waals surface area contributed by atoms with E-state index in [9.17, 15) is 22.8 Å². The summed E-state index contributed by atoms with van der Waals surface area (Å²) in [6.45, 7) is 5.14. The SMILES string of the molecule is Cc1ccc(-n2ccc3cc(N(CP(=O)(O)O)S(=O)(=O)c4cc(C)nc(C)c4)ccc32)nn1. The number of hydrogen-bond acceptors (Lipinski definition) is 6. The Kier molecular flexibility index (Phi) is 5.83. The molecule has 0 amide bonds. The minimum Gasteiger partial charge on any atom is -0.323 e. The standard InChI is InChI=1S/C21H22N5O5PS/c1-14-4-7-21(24-23-14)25-9-8-17-12-18(5-6-20(17)25)26(13-32(27,28)29)33(30,31)19-10-15(2)22-16(3)11-19/h4-12H,13H2,1-3H3,(H2,27,28,29). The quantitative estimate of drug-likeness (QED) is 0.396. The van der Waals surface area contributed by atoms with Crippen LogP contribution in [0, 0.1) is 20.8 Å². The Morgan fingerprint density at radius 3 is 2.24 bits per heavy atom. The lowest BCUT2D eigenvalue weighted by Gasteiger charge is -2.25. The first-order valence-electron chi connectivity index (χ1n) is 9.88. The Bertz CT molecular complexity index is 1480. The molecule has 10 nitrogen and oxygen atoms in total. The van der Waals surface area contributed by atoms with Crippen molar-refractivity contribution in [2.24, 2.45) is 0 Å². The van der Waals surface area contributed by atoms with Crippen molar-refractivity contribution < 1.29 is 22.8 Å². The molecule has 0 atom stereocenters. The van der Waals surface area contributed by atoms with E-state index in [-0.39, 0.29) is 10.6 Å². The number of pyridine rings is 1. The predicted molar refractivity (Wildman–Crippen MR) is 124 cm³/mol.